The Labute approximate surface area is 149 Å². The summed E-state index contributed by atoms with van der Waals surface area (Å²) in [6.07, 6.45) is 0. The summed E-state index contributed by atoms with van der Waals surface area (Å²) >= 11 is 1.51. The molecule has 3 rings (SSSR count). The Kier molecular flexibility index (Phi) is 5.00. The number of sulfone groups is 1. The number of rotatable bonds is 6. The first-order chi connectivity index (χ1) is 12.0. The summed E-state index contributed by atoms with van der Waals surface area (Å²) in [6, 6.07) is 11.5. The summed E-state index contributed by atoms with van der Waals surface area (Å²) in [5.41, 5.74) is 0.471. The van der Waals surface area contributed by atoms with E-state index < -0.39 is 15.8 Å². The van der Waals surface area contributed by atoms with Crippen LogP contribution in [0.25, 0.3) is 10.6 Å². The van der Waals surface area contributed by atoms with Crippen LogP contribution in [0.2, 0.25) is 0 Å². The highest BCUT2D eigenvalue weighted by Gasteiger charge is 2.22. The third kappa shape index (κ3) is 3.80. The number of hydrogen-bond donors (Lipinski definition) is 0. The molecule has 0 fully saturated rings. The summed E-state index contributed by atoms with van der Waals surface area (Å²) in [5, 5.41) is 5.78. The molecule has 0 atom stereocenters. The van der Waals surface area contributed by atoms with E-state index in [4.69, 9.17) is 9.26 Å². The van der Waals surface area contributed by atoms with Crippen LogP contribution in [0.4, 0.5) is 0 Å². The van der Waals surface area contributed by atoms with Crippen LogP contribution in [-0.4, -0.2) is 25.3 Å². The number of thiophene rings is 1. The van der Waals surface area contributed by atoms with Crippen molar-refractivity contribution in [3.8, 4) is 10.6 Å². The van der Waals surface area contributed by atoms with Crippen molar-refractivity contribution in [1.82, 2.24) is 5.16 Å². The molecule has 3 aromatic rings. The molecule has 1 aromatic carbocycles. The van der Waals surface area contributed by atoms with Gasteiger partial charge in [-0.2, -0.15) is 0 Å². The van der Waals surface area contributed by atoms with Crippen LogP contribution in [0.1, 0.15) is 23.0 Å². The maximum absolute atomic E-state index is 12.3. The van der Waals surface area contributed by atoms with E-state index in [-0.39, 0.29) is 22.8 Å². The molecule has 130 valence electrons. The third-order valence-electron chi connectivity index (χ3n) is 3.50. The summed E-state index contributed by atoms with van der Waals surface area (Å²) in [5.74, 6) is -0.214. The lowest BCUT2D eigenvalue weighted by Crippen LogP contribution is -2.13. The topological polar surface area (TPSA) is 86.5 Å². The van der Waals surface area contributed by atoms with Crippen LogP contribution in [0.15, 0.2) is 57.3 Å². The fraction of sp³-hybridized carbons (Fsp3) is 0.176. The average Bonchev–Trinajstić information content (AvgIpc) is 3.31. The minimum Gasteiger partial charge on any atom is -0.455 e. The summed E-state index contributed by atoms with van der Waals surface area (Å²) in [4.78, 5) is 13.2. The molecule has 0 amide bonds. The van der Waals surface area contributed by atoms with Crippen molar-refractivity contribution in [3.05, 3.63) is 59.1 Å². The molecule has 2 heterocycles. The zero-order valence-electron chi connectivity index (χ0n) is 13.3. The normalized spacial score (nSPS) is 11.4. The highest BCUT2D eigenvalue weighted by molar-refractivity contribution is 7.91. The van der Waals surface area contributed by atoms with E-state index in [0.717, 1.165) is 4.88 Å². The standard InChI is InChI=1S/C17H15NO5S2/c1-2-25(20,21)16-8-4-3-6-13(16)17(19)22-11-12-10-14(23-18-12)15-7-5-9-24-15/h3-10H,2,11H2,1H3. The molecule has 2 aromatic heterocycles. The molecular weight excluding hydrogens is 362 g/mol. The third-order valence-corrected chi connectivity index (χ3v) is 6.17. The maximum Gasteiger partial charge on any atom is 0.339 e. The van der Waals surface area contributed by atoms with Crippen molar-refractivity contribution in [2.24, 2.45) is 0 Å². The fourth-order valence-corrected chi connectivity index (χ4v) is 3.95. The Bertz CT molecular complexity index is 974. The first-order valence-corrected chi connectivity index (χ1v) is 10.0. The van der Waals surface area contributed by atoms with Gasteiger partial charge in [-0.1, -0.05) is 30.3 Å². The SMILES string of the molecule is CCS(=O)(=O)c1ccccc1C(=O)OCc1cc(-c2cccs2)on1. The fourth-order valence-electron chi connectivity index (χ4n) is 2.19. The van der Waals surface area contributed by atoms with Crippen molar-refractivity contribution >= 4 is 27.1 Å². The highest BCUT2D eigenvalue weighted by Crippen LogP contribution is 2.25. The van der Waals surface area contributed by atoms with Gasteiger partial charge in [-0.25, -0.2) is 13.2 Å². The quantitative estimate of drug-likeness (QED) is 0.611. The van der Waals surface area contributed by atoms with Crippen molar-refractivity contribution < 1.29 is 22.5 Å². The molecule has 0 aliphatic rings. The number of esters is 1. The zero-order valence-corrected chi connectivity index (χ0v) is 15.0. The predicted molar refractivity (Wildman–Crippen MR) is 93.1 cm³/mol. The molecule has 0 aliphatic heterocycles. The second-order valence-corrected chi connectivity index (χ2v) is 8.33. The summed E-state index contributed by atoms with van der Waals surface area (Å²) in [7, 11) is -3.52. The van der Waals surface area contributed by atoms with E-state index in [9.17, 15) is 13.2 Å². The monoisotopic (exact) mass is 377 g/mol. The molecule has 25 heavy (non-hydrogen) atoms. The van der Waals surface area contributed by atoms with Crippen molar-refractivity contribution in [2.45, 2.75) is 18.4 Å². The number of carbonyl (C=O) groups is 1. The molecule has 0 aliphatic carbocycles. The summed E-state index contributed by atoms with van der Waals surface area (Å²) < 4.78 is 34.6. The van der Waals surface area contributed by atoms with E-state index >= 15 is 0 Å². The lowest BCUT2D eigenvalue weighted by atomic mass is 10.2. The Balaban J connectivity index is 1.74. The lowest BCUT2D eigenvalue weighted by molar-refractivity contribution is 0.0459. The Hall–Kier alpha value is -2.45. The van der Waals surface area contributed by atoms with Gasteiger partial charge in [-0.3, -0.25) is 0 Å². The van der Waals surface area contributed by atoms with E-state index in [1.807, 2.05) is 17.5 Å². The van der Waals surface area contributed by atoms with Gasteiger partial charge in [-0.05, 0) is 23.6 Å². The predicted octanol–water partition coefficient (Wildman–Crippen LogP) is 3.55. The van der Waals surface area contributed by atoms with Crippen molar-refractivity contribution in [2.75, 3.05) is 5.75 Å². The molecule has 0 saturated heterocycles. The zero-order chi connectivity index (χ0) is 17.9. The number of benzene rings is 1. The smallest absolute Gasteiger partial charge is 0.339 e. The molecule has 0 unspecified atom stereocenters. The molecule has 8 heteroatoms. The molecule has 0 saturated carbocycles. The van der Waals surface area contributed by atoms with E-state index in [1.165, 1.54) is 30.4 Å². The van der Waals surface area contributed by atoms with Gasteiger partial charge in [0.2, 0.25) is 0 Å². The van der Waals surface area contributed by atoms with Gasteiger partial charge in [0.05, 0.1) is 21.1 Å². The largest absolute Gasteiger partial charge is 0.455 e. The van der Waals surface area contributed by atoms with E-state index in [1.54, 1.807) is 18.2 Å². The van der Waals surface area contributed by atoms with Gasteiger partial charge in [0, 0.05) is 6.07 Å². The van der Waals surface area contributed by atoms with Crippen molar-refractivity contribution in [1.29, 1.82) is 0 Å². The van der Waals surface area contributed by atoms with Crippen LogP contribution in [0, 0.1) is 0 Å². The van der Waals surface area contributed by atoms with Gasteiger partial charge < -0.3 is 9.26 Å². The van der Waals surface area contributed by atoms with Crippen LogP contribution < -0.4 is 0 Å². The van der Waals surface area contributed by atoms with Crippen LogP contribution >= 0.6 is 11.3 Å². The molecule has 0 spiro atoms. The summed E-state index contributed by atoms with van der Waals surface area (Å²) in [6.45, 7) is 1.42. The minimum atomic E-state index is -3.52. The van der Waals surface area contributed by atoms with Crippen LogP contribution in [-0.2, 0) is 21.2 Å². The van der Waals surface area contributed by atoms with Gasteiger partial charge in [0.25, 0.3) is 0 Å². The second-order valence-electron chi connectivity index (χ2n) is 5.14. The number of aromatic nitrogens is 1. The van der Waals surface area contributed by atoms with Crippen molar-refractivity contribution in [3.63, 3.8) is 0 Å². The van der Waals surface area contributed by atoms with Gasteiger partial charge in [-0.15, -0.1) is 11.3 Å². The molecule has 0 radical (unpaired) electrons. The van der Waals surface area contributed by atoms with E-state index in [0.29, 0.717) is 11.5 Å². The number of hydrogen-bond acceptors (Lipinski definition) is 7. The molecule has 0 bridgehead atoms. The van der Waals surface area contributed by atoms with Crippen LogP contribution in [0.3, 0.4) is 0 Å². The Morgan fingerprint density at radius 2 is 2.04 bits per heavy atom. The maximum atomic E-state index is 12.3. The molecule has 6 nitrogen and oxygen atoms in total. The number of ether oxygens (including phenoxy) is 1. The highest BCUT2D eigenvalue weighted by atomic mass is 32.2. The minimum absolute atomic E-state index is 0.0197. The second kappa shape index (κ2) is 7.20. The molecule has 0 N–H and O–H groups in total. The Morgan fingerprint density at radius 3 is 2.76 bits per heavy atom. The van der Waals surface area contributed by atoms with Gasteiger partial charge in [0.15, 0.2) is 15.6 Å². The molecular formula is C17H15NO5S2. The number of carbonyl (C=O) groups excluding carboxylic acids is 1. The average molecular weight is 377 g/mol. The first-order valence-electron chi connectivity index (χ1n) is 7.49. The Morgan fingerprint density at radius 1 is 1.24 bits per heavy atom. The first kappa shape index (κ1) is 17.4. The van der Waals surface area contributed by atoms with E-state index in [2.05, 4.69) is 5.16 Å². The van der Waals surface area contributed by atoms with Gasteiger partial charge in [0.1, 0.15) is 12.3 Å². The number of nitrogens with zero attached hydrogens (tertiary/aromatic N) is 1. The van der Waals surface area contributed by atoms with Crippen LogP contribution in [0.5, 0.6) is 0 Å². The lowest BCUT2D eigenvalue weighted by Gasteiger charge is -2.08. The van der Waals surface area contributed by atoms with Gasteiger partial charge >= 0.3 is 5.97 Å².